The average molecular weight is 231 g/mol. The summed E-state index contributed by atoms with van der Waals surface area (Å²) in [6, 6.07) is 0. The van der Waals surface area contributed by atoms with Gasteiger partial charge in [-0.3, -0.25) is 4.90 Å². The van der Waals surface area contributed by atoms with E-state index in [1.165, 1.54) is 6.42 Å². The van der Waals surface area contributed by atoms with Crippen LogP contribution in [0, 0.1) is 0 Å². The summed E-state index contributed by atoms with van der Waals surface area (Å²) in [7, 11) is 1.96. The summed E-state index contributed by atoms with van der Waals surface area (Å²) >= 11 is 0. The van der Waals surface area contributed by atoms with Gasteiger partial charge in [-0.15, -0.1) is 0 Å². The van der Waals surface area contributed by atoms with Crippen molar-refractivity contribution in [3.63, 3.8) is 0 Å². The minimum atomic E-state index is 0.909. The molecule has 0 aromatic carbocycles. The van der Waals surface area contributed by atoms with Crippen molar-refractivity contribution >= 4 is 0 Å². The first-order chi connectivity index (χ1) is 7.85. The molecule has 4 heteroatoms. The quantitative estimate of drug-likeness (QED) is 0.654. The highest BCUT2D eigenvalue weighted by atomic mass is 16.5. The number of likely N-dealkylation sites (N-methyl/N-ethyl adjacent to an activating group) is 1. The molecular weight excluding hydrogens is 202 g/mol. The molecule has 0 atom stereocenters. The summed E-state index contributed by atoms with van der Waals surface area (Å²) in [6.45, 7) is 12.8. The number of nitrogens with one attached hydrogen (secondary N) is 2. The third kappa shape index (κ3) is 10.4. The summed E-state index contributed by atoms with van der Waals surface area (Å²) in [5, 5.41) is 6.33. The van der Waals surface area contributed by atoms with Crippen molar-refractivity contribution < 1.29 is 4.74 Å². The first-order valence-corrected chi connectivity index (χ1v) is 6.50. The van der Waals surface area contributed by atoms with E-state index in [1.807, 2.05) is 7.05 Å². The molecule has 0 amide bonds. The van der Waals surface area contributed by atoms with Gasteiger partial charge in [-0.1, -0.05) is 13.8 Å². The fourth-order valence-electron chi connectivity index (χ4n) is 1.49. The maximum Gasteiger partial charge on any atom is 0.0594 e. The van der Waals surface area contributed by atoms with Crippen molar-refractivity contribution in [1.29, 1.82) is 0 Å². The molecule has 0 spiro atoms. The summed E-state index contributed by atoms with van der Waals surface area (Å²) < 4.78 is 5.24. The number of rotatable bonds is 6. The van der Waals surface area contributed by atoms with Gasteiger partial charge in [0.05, 0.1) is 13.2 Å². The zero-order valence-electron chi connectivity index (χ0n) is 11.2. The second-order valence-electron chi connectivity index (χ2n) is 3.91. The maximum atomic E-state index is 5.24. The van der Waals surface area contributed by atoms with E-state index >= 15 is 0 Å². The highest BCUT2D eigenvalue weighted by Crippen LogP contribution is 1.94. The normalized spacial score (nSPS) is 16.7. The Morgan fingerprint density at radius 1 is 1.12 bits per heavy atom. The molecule has 1 aliphatic rings. The van der Waals surface area contributed by atoms with Crippen LogP contribution in [0.1, 0.15) is 20.3 Å². The van der Waals surface area contributed by atoms with E-state index in [2.05, 4.69) is 29.4 Å². The lowest BCUT2D eigenvalue weighted by Crippen LogP contribution is -2.40. The number of hydrogen-bond acceptors (Lipinski definition) is 4. The number of hydrogen-bond donors (Lipinski definition) is 2. The molecule has 1 fully saturated rings. The van der Waals surface area contributed by atoms with Gasteiger partial charge in [0, 0.05) is 26.2 Å². The lowest BCUT2D eigenvalue weighted by atomic mass is 10.4. The Hall–Kier alpha value is -0.160. The zero-order chi connectivity index (χ0) is 12.1. The number of ether oxygens (including phenoxy) is 1. The van der Waals surface area contributed by atoms with Gasteiger partial charge in [-0.2, -0.15) is 0 Å². The molecule has 16 heavy (non-hydrogen) atoms. The molecule has 4 nitrogen and oxygen atoms in total. The highest BCUT2D eigenvalue weighted by molar-refractivity contribution is 4.62. The van der Waals surface area contributed by atoms with Crippen LogP contribution in [0.15, 0.2) is 0 Å². The van der Waals surface area contributed by atoms with E-state index in [0.717, 1.165) is 52.5 Å². The van der Waals surface area contributed by atoms with Gasteiger partial charge in [0.1, 0.15) is 0 Å². The molecule has 0 saturated carbocycles. The van der Waals surface area contributed by atoms with Crippen LogP contribution in [0.5, 0.6) is 0 Å². The predicted molar refractivity (Wildman–Crippen MR) is 70.0 cm³/mol. The van der Waals surface area contributed by atoms with Gasteiger partial charge in [-0.05, 0) is 26.6 Å². The van der Waals surface area contributed by atoms with Crippen LogP contribution in [-0.4, -0.2) is 64.4 Å². The van der Waals surface area contributed by atoms with Crippen LogP contribution in [-0.2, 0) is 4.74 Å². The van der Waals surface area contributed by atoms with Crippen LogP contribution < -0.4 is 10.6 Å². The van der Waals surface area contributed by atoms with Crippen molar-refractivity contribution in [2.75, 3.05) is 59.5 Å². The molecule has 1 heterocycles. The van der Waals surface area contributed by atoms with Crippen molar-refractivity contribution in [2.24, 2.45) is 0 Å². The zero-order valence-corrected chi connectivity index (χ0v) is 11.2. The minimum Gasteiger partial charge on any atom is -0.379 e. The fraction of sp³-hybridized carbons (Fsp3) is 1.00. The van der Waals surface area contributed by atoms with E-state index in [9.17, 15) is 0 Å². The van der Waals surface area contributed by atoms with Crippen LogP contribution in [0.3, 0.4) is 0 Å². The first-order valence-electron chi connectivity index (χ1n) is 6.50. The molecular formula is C12H29N3O. The van der Waals surface area contributed by atoms with E-state index in [4.69, 9.17) is 4.74 Å². The maximum absolute atomic E-state index is 5.24. The molecule has 0 unspecified atom stereocenters. The van der Waals surface area contributed by atoms with Crippen molar-refractivity contribution in [2.45, 2.75) is 20.3 Å². The lowest BCUT2D eigenvalue weighted by Gasteiger charge is -2.26. The third-order valence-corrected chi connectivity index (χ3v) is 2.46. The second kappa shape index (κ2) is 12.9. The van der Waals surface area contributed by atoms with E-state index in [1.54, 1.807) is 0 Å². The van der Waals surface area contributed by atoms with Crippen LogP contribution in [0.25, 0.3) is 0 Å². The van der Waals surface area contributed by atoms with E-state index in [0.29, 0.717) is 0 Å². The predicted octanol–water partition coefficient (Wildman–Crippen LogP) is 0.544. The van der Waals surface area contributed by atoms with E-state index in [-0.39, 0.29) is 0 Å². The van der Waals surface area contributed by atoms with Gasteiger partial charge < -0.3 is 15.4 Å². The Kier molecular flexibility index (Phi) is 12.8. The summed E-state index contributed by atoms with van der Waals surface area (Å²) in [5.41, 5.74) is 0. The molecule has 1 rings (SSSR count). The SMILES string of the molecule is CCCNC.CCNCCN1CCOCC1. The topological polar surface area (TPSA) is 36.5 Å². The third-order valence-electron chi connectivity index (χ3n) is 2.46. The monoisotopic (exact) mass is 231 g/mol. The molecule has 1 aliphatic heterocycles. The van der Waals surface area contributed by atoms with Crippen LogP contribution in [0.2, 0.25) is 0 Å². The second-order valence-corrected chi connectivity index (χ2v) is 3.91. The Morgan fingerprint density at radius 3 is 2.25 bits per heavy atom. The molecule has 0 aromatic rings. The Morgan fingerprint density at radius 2 is 1.81 bits per heavy atom. The number of nitrogens with zero attached hydrogens (tertiary/aromatic N) is 1. The Balaban J connectivity index is 0.000000385. The average Bonchev–Trinajstić information content (AvgIpc) is 2.33. The molecule has 1 saturated heterocycles. The lowest BCUT2D eigenvalue weighted by molar-refractivity contribution is 0.0385. The highest BCUT2D eigenvalue weighted by Gasteiger charge is 2.08. The van der Waals surface area contributed by atoms with Crippen LogP contribution >= 0.6 is 0 Å². The molecule has 0 bridgehead atoms. The smallest absolute Gasteiger partial charge is 0.0594 e. The Labute approximate surface area is 101 Å². The Bertz CT molecular complexity index is 125. The van der Waals surface area contributed by atoms with Crippen LogP contribution in [0.4, 0.5) is 0 Å². The molecule has 2 N–H and O–H groups in total. The number of morpholine rings is 1. The summed E-state index contributed by atoms with van der Waals surface area (Å²) in [6.07, 6.45) is 1.23. The summed E-state index contributed by atoms with van der Waals surface area (Å²) in [5.74, 6) is 0. The van der Waals surface area contributed by atoms with E-state index < -0.39 is 0 Å². The van der Waals surface area contributed by atoms with Crippen molar-refractivity contribution in [1.82, 2.24) is 15.5 Å². The van der Waals surface area contributed by atoms with Gasteiger partial charge in [-0.25, -0.2) is 0 Å². The molecule has 98 valence electrons. The van der Waals surface area contributed by atoms with Gasteiger partial charge >= 0.3 is 0 Å². The van der Waals surface area contributed by atoms with Crippen molar-refractivity contribution in [3.8, 4) is 0 Å². The molecule has 0 radical (unpaired) electrons. The first kappa shape index (κ1) is 15.8. The van der Waals surface area contributed by atoms with Gasteiger partial charge in [0.2, 0.25) is 0 Å². The fourth-order valence-corrected chi connectivity index (χ4v) is 1.49. The van der Waals surface area contributed by atoms with Gasteiger partial charge in [0.15, 0.2) is 0 Å². The largest absolute Gasteiger partial charge is 0.379 e. The van der Waals surface area contributed by atoms with Gasteiger partial charge in [0.25, 0.3) is 0 Å². The molecule has 0 aromatic heterocycles. The molecule has 0 aliphatic carbocycles. The summed E-state index contributed by atoms with van der Waals surface area (Å²) in [4.78, 5) is 2.44. The standard InChI is InChI=1S/C8H18N2O.C4H11N/c1-2-9-3-4-10-5-7-11-8-6-10;1-3-4-5-2/h9H,2-8H2,1H3;5H,3-4H2,1-2H3. The van der Waals surface area contributed by atoms with Crippen molar-refractivity contribution in [3.05, 3.63) is 0 Å². The minimum absolute atomic E-state index is 0.909.